The van der Waals surface area contributed by atoms with Crippen LogP contribution in [-0.4, -0.2) is 29.9 Å². The van der Waals surface area contributed by atoms with Gasteiger partial charge in [0.15, 0.2) is 0 Å². The maximum Gasteiger partial charge on any atom is 0.255 e. The van der Waals surface area contributed by atoms with Crippen LogP contribution in [-0.2, 0) is 15.9 Å². The van der Waals surface area contributed by atoms with Crippen LogP contribution in [0, 0.1) is 0 Å². The van der Waals surface area contributed by atoms with E-state index in [0.717, 1.165) is 6.26 Å². The fourth-order valence-electron chi connectivity index (χ4n) is 0.567. The lowest BCUT2D eigenvalue weighted by molar-refractivity contribution is 0.606. The molecule has 0 fully saturated rings. The number of hydrogen-bond acceptors (Lipinski definition) is 4. The Kier molecular flexibility index (Phi) is 2.53. The van der Waals surface area contributed by atoms with Crippen molar-refractivity contribution in [2.24, 2.45) is 0 Å². The number of sulfonamides is 1. The Morgan fingerprint density at radius 1 is 1.67 bits per heavy atom. The molecular formula is C4H7ClN4O2S. The van der Waals surface area contributed by atoms with Gasteiger partial charge < -0.3 is 0 Å². The first-order valence-corrected chi connectivity index (χ1v) is 5.39. The summed E-state index contributed by atoms with van der Waals surface area (Å²) < 4.78 is 23.4. The minimum atomic E-state index is -3.31. The summed E-state index contributed by atoms with van der Waals surface area (Å²) in [6.45, 7) is 0. The molecule has 0 aliphatic heterocycles. The van der Waals surface area contributed by atoms with E-state index in [4.69, 9.17) is 11.6 Å². The molecule has 2 N–H and O–H groups in total. The van der Waals surface area contributed by atoms with E-state index >= 15 is 0 Å². The Morgan fingerprint density at radius 3 is 2.75 bits per heavy atom. The van der Waals surface area contributed by atoms with Crippen LogP contribution >= 0.6 is 11.6 Å². The van der Waals surface area contributed by atoms with Crippen LogP contribution in [0.4, 0.5) is 5.95 Å². The van der Waals surface area contributed by atoms with Crippen molar-refractivity contribution in [3.05, 3.63) is 5.82 Å². The van der Waals surface area contributed by atoms with Gasteiger partial charge in [0.1, 0.15) is 5.82 Å². The number of H-pyrrole nitrogens is 1. The zero-order valence-electron chi connectivity index (χ0n) is 6.20. The monoisotopic (exact) mass is 210 g/mol. The molecule has 12 heavy (non-hydrogen) atoms. The Morgan fingerprint density at radius 2 is 2.33 bits per heavy atom. The molecule has 6 nitrogen and oxygen atoms in total. The average molecular weight is 211 g/mol. The van der Waals surface area contributed by atoms with Gasteiger partial charge in [-0.2, -0.15) is 4.98 Å². The van der Waals surface area contributed by atoms with Crippen LogP contribution in [0.15, 0.2) is 0 Å². The Balaban J connectivity index is 2.78. The molecule has 0 radical (unpaired) electrons. The topological polar surface area (TPSA) is 87.7 Å². The fraction of sp³-hybridized carbons (Fsp3) is 0.500. The molecule has 0 atom stereocenters. The molecule has 0 amide bonds. The predicted molar refractivity (Wildman–Crippen MR) is 44.4 cm³/mol. The number of alkyl halides is 1. The molecule has 8 heteroatoms. The van der Waals surface area contributed by atoms with Crippen LogP contribution in [0.1, 0.15) is 5.82 Å². The molecule has 0 aromatic carbocycles. The van der Waals surface area contributed by atoms with Crippen LogP contribution in [0.5, 0.6) is 0 Å². The lowest BCUT2D eigenvalue weighted by Gasteiger charge is -1.94. The fourth-order valence-corrected chi connectivity index (χ4v) is 1.11. The second kappa shape index (κ2) is 3.28. The zero-order valence-corrected chi connectivity index (χ0v) is 7.78. The Hall–Kier alpha value is -0.820. The van der Waals surface area contributed by atoms with Crippen molar-refractivity contribution >= 4 is 27.6 Å². The minimum absolute atomic E-state index is 0.00755. The van der Waals surface area contributed by atoms with Crippen LogP contribution < -0.4 is 4.72 Å². The minimum Gasteiger partial charge on any atom is -0.260 e. The third-order valence-corrected chi connectivity index (χ3v) is 1.74. The summed E-state index contributed by atoms with van der Waals surface area (Å²) in [5.41, 5.74) is 0. The second-order valence-electron chi connectivity index (χ2n) is 2.11. The van der Waals surface area contributed by atoms with Crippen LogP contribution in [0.2, 0.25) is 0 Å². The van der Waals surface area contributed by atoms with Crippen molar-refractivity contribution in [2.75, 3.05) is 11.0 Å². The van der Waals surface area contributed by atoms with Crippen LogP contribution in [0.3, 0.4) is 0 Å². The lowest BCUT2D eigenvalue weighted by atomic mass is 10.7. The first-order valence-electron chi connectivity index (χ1n) is 2.96. The van der Waals surface area contributed by atoms with Gasteiger partial charge in [-0.1, -0.05) is 0 Å². The predicted octanol–water partition coefficient (Wildman–Crippen LogP) is -0.0850. The maximum atomic E-state index is 10.7. The van der Waals surface area contributed by atoms with Crippen molar-refractivity contribution in [1.82, 2.24) is 15.2 Å². The van der Waals surface area contributed by atoms with Crippen molar-refractivity contribution in [3.63, 3.8) is 0 Å². The summed E-state index contributed by atoms with van der Waals surface area (Å²) in [5.74, 6) is 0.592. The number of anilines is 1. The molecule has 0 spiro atoms. The molecule has 1 rings (SSSR count). The lowest BCUT2D eigenvalue weighted by Crippen LogP contribution is -2.10. The third kappa shape index (κ3) is 2.67. The van der Waals surface area contributed by atoms with Gasteiger partial charge in [0.2, 0.25) is 10.0 Å². The molecule has 0 saturated carbocycles. The summed E-state index contributed by atoms with van der Waals surface area (Å²) in [4.78, 5) is 3.73. The third-order valence-electron chi connectivity index (χ3n) is 0.935. The summed E-state index contributed by atoms with van der Waals surface area (Å²) in [6, 6.07) is 0. The van der Waals surface area contributed by atoms with E-state index in [-0.39, 0.29) is 11.8 Å². The smallest absolute Gasteiger partial charge is 0.255 e. The number of halogens is 1. The van der Waals surface area contributed by atoms with Crippen molar-refractivity contribution < 1.29 is 8.42 Å². The SMILES string of the molecule is CS(=O)(=O)Nc1n[nH]c(CCl)n1. The van der Waals surface area contributed by atoms with Gasteiger partial charge in [-0.15, -0.1) is 16.7 Å². The molecule has 1 aromatic heterocycles. The maximum absolute atomic E-state index is 10.7. The van der Waals surface area contributed by atoms with E-state index in [1.54, 1.807) is 0 Å². The number of aromatic amines is 1. The normalized spacial score (nSPS) is 11.5. The molecule has 68 valence electrons. The van der Waals surface area contributed by atoms with E-state index < -0.39 is 10.0 Å². The number of aromatic nitrogens is 3. The highest BCUT2D eigenvalue weighted by atomic mass is 35.5. The van der Waals surface area contributed by atoms with Gasteiger partial charge in [-0.25, -0.2) is 8.42 Å². The molecular weight excluding hydrogens is 204 g/mol. The number of hydrogen-bond donors (Lipinski definition) is 2. The van der Waals surface area contributed by atoms with E-state index in [9.17, 15) is 8.42 Å². The van der Waals surface area contributed by atoms with Gasteiger partial charge in [0.25, 0.3) is 5.95 Å². The summed E-state index contributed by atoms with van der Waals surface area (Å²) in [7, 11) is -3.31. The van der Waals surface area contributed by atoms with E-state index in [1.165, 1.54) is 0 Å². The van der Waals surface area contributed by atoms with E-state index in [0.29, 0.717) is 5.82 Å². The molecule has 0 aliphatic carbocycles. The highest BCUT2D eigenvalue weighted by Crippen LogP contribution is 2.01. The van der Waals surface area contributed by atoms with Gasteiger partial charge >= 0.3 is 0 Å². The summed E-state index contributed by atoms with van der Waals surface area (Å²) >= 11 is 5.40. The number of nitrogens with zero attached hydrogens (tertiary/aromatic N) is 2. The first kappa shape index (κ1) is 9.27. The van der Waals surface area contributed by atoms with Crippen molar-refractivity contribution in [2.45, 2.75) is 5.88 Å². The molecule has 0 bridgehead atoms. The van der Waals surface area contributed by atoms with Gasteiger partial charge in [-0.05, 0) is 0 Å². The number of nitrogens with one attached hydrogen (secondary N) is 2. The first-order chi connectivity index (χ1) is 5.51. The molecule has 1 heterocycles. The summed E-state index contributed by atoms with van der Waals surface area (Å²) in [6.07, 6.45) is 1.02. The standard InChI is InChI=1S/C4H7ClN4O2S/c1-12(10,11)9-4-6-3(2-5)7-8-4/h2H2,1H3,(H2,6,7,8,9). The van der Waals surface area contributed by atoms with Gasteiger partial charge in [0.05, 0.1) is 12.1 Å². The summed E-state index contributed by atoms with van der Waals surface area (Å²) in [5, 5.41) is 6.02. The molecule has 0 unspecified atom stereocenters. The molecule has 0 aliphatic rings. The van der Waals surface area contributed by atoms with E-state index in [1.807, 2.05) is 0 Å². The van der Waals surface area contributed by atoms with Crippen LogP contribution in [0.25, 0.3) is 0 Å². The average Bonchev–Trinajstić information content (AvgIpc) is 2.32. The number of rotatable bonds is 3. The van der Waals surface area contributed by atoms with Crippen molar-refractivity contribution in [3.8, 4) is 0 Å². The zero-order chi connectivity index (χ0) is 9.19. The largest absolute Gasteiger partial charge is 0.260 e. The van der Waals surface area contributed by atoms with E-state index in [2.05, 4.69) is 19.9 Å². The quantitative estimate of drug-likeness (QED) is 0.683. The Labute approximate surface area is 74.4 Å². The second-order valence-corrected chi connectivity index (χ2v) is 4.13. The van der Waals surface area contributed by atoms with Crippen molar-refractivity contribution in [1.29, 1.82) is 0 Å². The Bertz CT molecular complexity index is 359. The van der Waals surface area contributed by atoms with Gasteiger partial charge in [0, 0.05) is 0 Å². The molecule has 0 saturated heterocycles. The highest BCUT2D eigenvalue weighted by Gasteiger charge is 2.06. The highest BCUT2D eigenvalue weighted by molar-refractivity contribution is 7.91. The molecule has 1 aromatic rings. The van der Waals surface area contributed by atoms with Gasteiger partial charge in [-0.3, -0.25) is 9.82 Å².